The van der Waals surface area contributed by atoms with Gasteiger partial charge in [0.25, 0.3) is 5.89 Å². The third-order valence-electron chi connectivity index (χ3n) is 2.80. The Hall–Kier alpha value is -2.63. The van der Waals surface area contributed by atoms with Gasteiger partial charge in [0, 0.05) is 36.3 Å². The Bertz CT molecular complexity index is 691. The largest absolute Gasteiger partial charge is 0.334 e. The number of rotatable bonds is 3. The summed E-state index contributed by atoms with van der Waals surface area (Å²) in [6.45, 7) is 4.02. The van der Waals surface area contributed by atoms with Crippen LogP contribution in [0.2, 0.25) is 0 Å². The van der Waals surface area contributed by atoms with Crippen LogP contribution in [0.15, 0.2) is 41.4 Å². The van der Waals surface area contributed by atoms with Crippen molar-refractivity contribution >= 4 is 0 Å². The zero-order valence-corrected chi connectivity index (χ0v) is 11.2. The Labute approximate surface area is 115 Å². The second kappa shape index (κ2) is 5.16. The molecule has 0 saturated heterocycles. The maximum absolute atomic E-state index is 5.21. The van der Waals surface area contributed by atoms with Crippen molar-refractivity contribution in [1.29, 1.82) is 0 Å². The van der Waals surface area contributed by atoms with Crippen LogP contribution in [-0.4, -0.2) is 25.1 Å². The molecule has 0 bridgehead atoms. The van der Waals surface area contributed by atoms with Gasteiger partial charge < -0.3 is 4.52 Å². The molecule has 0 N–H and O–H groups in total. The van der Waals surface area contributed by atoms with E-state index in [0.29, 0.717) is 23.1 Å². The van der Waals surface area contributed by atoms with Gasteiger partial charge in [0.2, 0.25) is 0 Å². The molecule has 0 atom stereocenters. The van der Waals surface area contributed by atoms with E-state index in [4.69, 9.17) is 4.52 Å². The first-order valence-electron chi connectivity index (χ1n) is 6.30. The van der Waals surface area contributed by atoms with E-state index in [9.17, 15) is 0 Å². The molecule has 0 amide bonds. The van der Waals surface area contributed by atoms with Gasteiger partial charge in [-0.15, -0.1) is 0 Å². The van der Waals surface area contributed by atoms with Gasteiger partial charge in [0.1, 0.15) is 0 Å². The zero-order chi connectivity index (χ0) is 13.9. The molecule has 100 valence electrons. The molecule has 3 aromatic rings. The maximum Gasteiger partial charge on any atom is 0.261 e. The van der Waals surface area contributed by atoms with Crippen LogP contribution >= 0.6 is 0 Å². The first-order valence-corrected chi connectivity index (χ1v) is 6.30. The number of hydrogen-bond acceptors (Lipinski definition) is 6. The van der Waals surface area contributed by atoms with E-state index >= 15 is 0 Å². The molecule has 3 rings (SSSR count). The van der Waals surface area contributed by atoms with Gasteiger partial charge in [-0.1, -0.05) is 19.0 Å². The lowest BCUT2D eigenvalue weighted by atomic mass is 10.2. The third kappa shape index (κ3) is 2.40. The van der Waals surface area contributed by atoms with Crippen LogP contribution in [0.4, 0.5) is 0 Å². The van der Waals surface area contributed by atoms with Crippen molar-refractivity contribution in [3.05, 3.63) is 42.7 Å². The van der Waals surface area contributed by atoms with Crippen molar-refractivity contribution in [2.24, 2.45) is 0 Å². The smallest absolute Gasteiger partial charge is 0.261 e. The van der Waals surface area contributed by atoms with Crippen LogP contribution in [-0.2, 0) is 0 Å². The maximum atomic E-state index is 5.21. The van der Waals surface area contributed by atoms with E-state index in [0.717, 1.165) is 5.56 Å². The van der Waals surface area contributed by atoms with Crippen molar-refractivity contribution < 1.29 is 4.52 Å². The predicted octanol–water partition coefficient (Wildman–Crippen LogP) is 2.71. The Balaban J connectivity index is 1.89. The summed E-state index contributed by atoms with van der Waals surface area (Å²) in [5.41, 5.74) is 1.63. The highest BCUT2D eigenvalue weighted by atomic mass is 16.5. The summed E-state index contributed by atoms with van der Waals surface area (Å²) in [7, 11) is 0. The molecule has 0 aliphatic carbocycles. The number of aromatic nitrogens is 5. The van der Waals surface area contributed by atoms with Gasteiger partial charge >= 0.3 is 0 Å². The lowest BCUT2D eigenvalue weighted by Crippen LogP contribution is -1.91. The second-order valence-electron chi connectivity index (χ2n) is 4.64. The van der Waals surface area contributed by atoms with Crippen molar-refractivity contribution in [3.63, 3.8) is 0 Å². The molecule has 3 heterocycles. The SMILES string of the molecule is CC(C)c1noc(-c2cnc(-c3ccncc3)nc2)n1. The Morgan fingerprint density at radius 2 is 1.70 bits per heavy atom. The van der Waals surface area contributed by atoms with Gasteiger partial charge in [0.05, 0.1) is 5.56 Å². The van der Waals surface area contributed by atoms with Gasteiger partial charge in [-0.05, 0) is 12.1 Å². The molecule has 0 aromatic carbocycles. The average Bonchev–Trinajstić information content (AvgIpc) is 2.98. The lowest BCUT2D eigenvalue weighted by Gasteiger charge is -1.99. The summed E-state index contributed by atoms with van der Waals surface area (Å²) in [5.74, 6) is 1.98. The van der Waals surface area contributed by atoms with Gasteiger partial charge in [-0.2, -0.15) is 4.98 Å². The number of nitrogens with zero attached hydrogens (tertiary/aromatic N) is 5. The number of hydrogen-bond donors (Lipinski definition) is 0. The second-order valence-corrected chi connectivity index (χ2v) is 4.64. The normalized spacial score (nSPS) is 10.9. The van der Waals surface area contributed by atoms with Crippen molar-refractivity contribution in [2.75, 3.05) is 0 Å². The van der Waals surface area contributed by atoms with Crippen LogP contribution in [0, 0.1) is 0 Å². The van der Waals surface area contributed by atoms with Crippen molar-refractivity contribution in [1.82, 2.24) is 25.1 Å². The van der Waals surface area contributed by atoms with E-state index < -0.39 is 0 Å². The highest BCUT2D eigenvalue weighted by molar-refractivity contribution is 5.57. The molecule has 0 spiro atoms. The quantitative estimate of drug-likeness (QED) is 0.726. The molecule has 6 heteroatoms. The minimum absolute atomic E-state index is 0.226. The summed E-state index contributed by atoms with van der Waals surface area (Å²) >= 11 is 0. The molecule has 6 nitrogen and oxygen atoms in total. The summed E-state index contributed by atoms with van der Waals surface area (Å²) in [4.78, 5) is 16.9. The summed E-state index contributed by atoms with van der Waals surface area (Å²) in [6.07, 6.45) is 6.78. The highest BCUT2D eigenvalue weighted by Gasteiger charge is 2.12. The highest BCUT2D eigenvalue weighted by Crippen LogP contribution is 2.20. The summed E-state index contributed by atoms with van der Waals surface area (Å²) < 4.78 is 5.21. The molecule has 0 aliphatic heterocycles. The zero-order valence-electron chi connectivity index (χ0n) is 11.2. The van der Waals surface area contributed by atoms with Crippen LogP contribution < -0.4 is 0 Å². The van der Waals surface area contributed by atoms with Crippen LogP contribution in [0.5, 0.6) is 0 Å². The van der Waals surface area contributed by atoms with Gasteiger partial charge in [-0.3, -0.25) is 4.98 Å². The fourth-order valence-corrected chi connectivity index (χ4v) is 1.68. The Morgan fingerprint density at radius 1 is 1.00 bits per heavy atom. The van der Waals surface area contributed by atoms with Gasteiger partial charge in [0.15, 0.2) is 11.6 Å². The molecule has 20 heavy (non-hydrogen) atoms. The Morgan fingerprint density at radius 3 is 2.30 bits per heavy atom. The first-order chi connectivity index (χ1) is 9.74. The Kier molecular flexibility index (Phi) is 3.20. The minimum Gasteiger partial charge on any atom is -0.334 e. The number of pyridine rings is 1. The van der Waals surface area contributed by atoms with E-state index in [1.807, 2.05) is 26.0 Å². The summed E-state index contributed by atoms with van der Waals surface area (Å²) in [5, 5.41) is 3.92. The molecule has 0 fully saturated rings. The molecular weight excluding hydrogens is 254 g/mol. The van der Waals surface area contributed by atoms with E-state index in [1.165, 1.54) is 0 Å². The van der Waals surface area contributed by atoms with E-state index in [1.54, 1.807) is 24.8 Å². The monoisotopic (exact) mass is 267 g/mol. The van der Waals surface area contributed by atoms with Crippen LogP contribution in [0.1, 0.15) is 25.6 Å². The first kappa shape index (κ1) is 12.4. The standard InChI is InChI=1S/C14H13N5O/c1-9(2)12-18-14(20-19-12)11-7-16-13(17-8-11)10-3-5-15-6-4-10/h3-9H,1-2H3. The topological polar surface area (TPSA) is 77.6 Å². The van der Waals surface area contributed by atoms with Crippen molar-refractivity contribution in [3.8, 4) is 22.8 Å². The van der Waals surface area contributed by atoms with Crippen LogP contribution in [0.25, 0.3) is 22.8 Å². The predicted molar refractivity (Wildman–Crippen MR) is 72.6 cm³/mol. The molecule has 0 saturated carbocycles. The molecule has 3 aromatic heterocycles. The molecular formula is C14H13N5O. The fraction of sp³-hybridized carbons (Fsp3) is 0.214. The molecule has 0 aliphatic rings. The fourth-order valence-electron chi connectivity index (χ4n) is 1.68. The van der Waals surface area contributed by atoms with E-state index in [-0.39, 0.29) is 5.92 Å². The third-order valence-corrected chi connectivity index (χ3v) is 2.80. The summed E-state index contributed by atoms with van der Waals surface area (Å²) in [6, 6.07) is 3.72. The average molecular weight is 267 g/mol. The molecule has 0 radical (unpaired) electrons. The molecule has 0 unspecified atom stereocenters. The van der Waals surface area contributed by atoms with Gasteiger partial charge in [-0.25, -0.2) is 9.97 Å². The van der Waals surface area contributed by atoms with Crippen molar-refractivity contribution in [2.45, 2.75) is 19.8 Å². The van der Waals surface area contributed by atoms with E-state index in [2.05, 4.69) is 25.1 Å². The minimum atomic E-state index is 0.226. The lowest BCUT2D eigenvalue weighted by molar-refractivity contribution is 0.419. The van der Waals surface area contributed by atoms with Crippen LogP contribution in [0.3, 0.4) is 0 Å².